The minimum Gasteiger partial charge on any atom is -0.493 e. The number of nitrogens with two attached hydrogens (primary N) is 1. The standard InChI is InChI=1S/C14H23NO4/c1-10(15)6-5-7-19-11-8-12(16-2)14(18-4)13(9-11)17-3/h8-10H,5-7,15H2,1-4H3. The average Bonchev–Trinajstić information content (AvgIpc) is 2.42. The van der Waals surface area contributed by atoms with Crippen LogP contribution in [0.4, 0.5) is 0 Å². The van der Waals surface area contributed by atoms with Crippen molar-refractivity contribution in [1.82, 2.24) is 0 Å². The fraction of sp³-hybridized carbons (Fsp3) is 0.571. The highest BCUT2D eigenvalue weighted by Crippen LogP contribution is 2.40. The topological polar surface area (TPSA) is 62.9 Å². The van der Waals surface area contributed by atoms with Crippen molar-refractivity contribution in [2.75, 3.05) is 27.9 Å². The molecule has 0 radical (unpaired) electrons. The second kappa shape index (κ2) is 7.74. The molecule has 0 fully saturated rings. The Bertz CT molecular complexity index is 368. The maximum Gasteiger partial charge on any atom is 0.203 e. The predicted molar refractivity (Wildman–Crippen MR) is 74.5 cm³/mol. The molecule has 5 heteroatoms. The molecule has 19 heavy (non-hydrogen) atoms. The van der Waals surface area contributed by atoms with E-state index in [0.29, 0.717) is 29.6 Å². The van der Waals surface area contributed by atoms with E-state index in [1.807, 2.05) is 6.92 Å². The molecule has 0 bridgehead atoms. The molecular formula is C14H23NO4. The molecule has 0 aliphatic heterocycles. The first kappa shape index (κ1) is 15.4. The molecule has 1 aromatic carbocycles. The summed E-state index contributed by atoms with van der Waals surface area (Å²) in [5.74, 6) is 2.43. The summed E-state index contributed by atoms with van der Waals surface area (Å²) in [6.07, 6.45) is 1.85. The van der Waals surface area contributed by atoms with Crippen molar-refractivity contribution in [3.05, 3.63) is 12.1 Å². The van der Waals surface area contributed by atoms with Crippen LogP contribution in [0.1, 0.15) is 19.8 Å². The zero-order valence-electron chi connectivity index (χ0n) is 12.1. The van der Waals surface area contributed by atoms with Gasteiger partial charge in [-0.15, -0.1) is 0 Å². The molecule has 108 valence electrons. The van der Waals surface area contributed by atoms with Crippen LogP contribution in [0.25, 0.3) is 0 Å². The van der Waals surface area contributed by atoms with Gasteiger partial charge in [0.1, 0.15) is 5.75 Å². The second-order valence-corrected chi connectivity index (χ2v) is 4.33. The molecule has 0 heterocycles. The van der Waals surface area contributed by atoms with Crippen LogP contribution in [-0.2, 0) is 0 Å². The fourth-order valence-electron chi connectivity index (χ4n) is 1.74. The summed E-state index contributed by atoms with van der Waals surface area (Å²) < 4.78 is 21.4. The van der Waals surface area contributed by atoms with E-state index in [4.69, 9.17) is 24.7 Å². The highest BCUT2D eigenvalue weighted by Gasteiger charge is 2.13. The number of methoxy groups -OCH3 is 3. The SMILES string of the molecule is COc1cc(OCCCC(C)N)cc(OC)c1OC. The van der Waals surface area contributed by atoms with Crippen molar-refractivity contribution in [3.8, 4) is 23.0 Å². The van der Waals surface area contributed by atoms with E-state index in [1.54, 1.807) is 33.5 Å². The van der Waals surface area contributed by atoms with Crippen molar-refractivity contribution in [3.63, 3.8) is 0 Å². The first-order valence-electron chi connectivity index (χ1n) is 6.30. The van der Waals surface area contributed by atoms with E-state index in [1.165, 1.54) is 0 Å². The van der Waals surface area contributed by atoms with Crippen LogP contribution in [0.15, 0.2) is 12.1 Å². The van der Waals surface area contributed by atoms with Crippen LogP contribution in [0.5, 0.6) is 23.0 Å². The molecule has 5 nitrogen and oxygen atoms in total. The Morgan fingerprint density at radius 2 is 1.63 bits per heavy atom. The van der Waals surface area contributed by atoms with Gasteiger partial charge in [0, 0.05) is 18.2 Å². The molecule has 0 amide bonds. The van der Waals surface area contributed by atoms with E-state index in [-0.39, 0.29) is 6.04 Å². The monoisotopic (exact) mass is 269 g/mol. The number of ether oxygens (including phenoxy) is 4. The van der Waals surface area contributed by atoms with Crippen molar-refractivity contribution in [2.45, 2.75) is 25.8 Å². The summed E-state index contributed by atoms with van der Waals surface area (Å²) in [6.45, 7) is 2.60. The smallest absolute Gasteiger partial charge is 0.203 e. The van der Waals surface area contributed by atoms with Crippen LogP contribution < -0.4 is 24.7 Å². The molecule has 1 atom stereocenters. The van der Waals surface area contributed by atoms with Gasteiger partial charge in [-0.25, -0.2) is 0 Å². The number of benzene rings is 1. The van der Waals surface area contributed by atoms with Crippen molar-refractivity contribution in [2.24, 2.45) is 5.73 Å². The van der Waals surface area contributed by atoms with E-state index in [0.717, 1.165) is 12.8 Å². The summed E-state index contributed by atoms with van der Waals surface area (Å²) in [4.78, 5) is 0. The Balaban J connectivity index is 2.73. The lowest BCUT2D eigenvalue weighted by Gasteiger charge is -2.14. The molecule has 1 unspecified atom stereocenters. The van der Waals surface area contributed by atoms with Gasteiger partial charge in [-0.3, -0.25) is 0 Å². The van der Waals surface area contributed by atoms with Gasteiger partial charge in [-0.1, -0.05) is 0 Å². The maximum absolute atomic E-state index is 5.69. The van der Waals surface area contributed by atoms with E-state index in [9.17, 15) is 0 Å². The summed E-state index contributed by atoms with van der Waals surface area (Å²) in [7, 11) is 4.73. The summed E-state index contributed by atoms with van der Waals surface area (Å²) in [5, 5.41) is 0. The lowest BCUT2D eigenvalue weighted by Crippen LogP contribution is -2.15. The molecule has 1 rings (SSSR count). The fourth-order valence-corrected chi connectivity index (χ4v) is 1.74. The normalized spacial score (nSPS) is 11.8. The largest absolute Gasteiger partial charge is 0.493 e. The van der Waals surface area contributed by atoms with Crippen LogP contribution in [0.3, 0.4) is 0 Å². The number of rotatable bonds is 8. The molecule has 0 aliphatic rings. The number of hydrogen-bond acceptors (Lipinski definition) is 5. The highest BCUT2D eigenvalue weighted by molar-refractivity contribution is 5.55. The molecule has 0 aliphatic carbocycles. The quantitative estimate of drug-likeness (QED) is 0.733. The third kappa shape index (κ3) is 4.52. The van der Waals surface area contributed by atoms with E-state index in [2.05, 4.69) is 0 Å². The molecular weight excluding hydrogens is 246 g/mol. The van der Waals surface area contributed by atoms with Gasteiger partial charge in [0.15, 0.2) is 11.5 Å². The Morgan fingerprint density at radius 1 is 1.05 bits per heavy atom. The van der Waals surface area contributed by atoms with Crippen LogP contribution in [-0.4, -0.2) is 34.0 Å². The summed E-state index contributed by atoms with van der Waals surface area (Å²) in [5.41, 5.74) is 5.69. The van der Waals surface area contributed by atoms with Gasteiger partial charge < -0.3 is 24.7 Å². The summed E-state index contributed by atoms with van der Waals surface area (Å²) in [6, 6.07) is 3.77. The van der Waals surface area contributed by atoms with Gasteiger partial charge in [-0.05, 0) is 19.8 Å². The van der Waals surface area contributed by atoms with Gasteiger partial charge in [-0.2, -0.15) is 0 Å². The van der Waals surface area contributed by atoms with Gasteiger partial charge in [0.25, 0.3) is 0 Å². The third-order valence-corrected chi connectivity index (χ3v) is 2.71. The van der Waals surface area contributed by atoms with E-state index < -0.39 is 0 Å². The molecule has 0 saturated carbocycles. The van der Waals surface area contributed by atoms with Crippen LogP contribution in [0, 0.1) is 0 Å². The van der Waals surface area contributed by atoms with Crippen LogP contribution in [0.2, 0.25) is 0 Å². The molecule has 0 spiro atoms. The average molecular weight is 269 g/mol. The van der Waals surface area contributed by atoms with Gasteiger partial charge in [0.2, 0.25) is 5.75 Å². The molecule has 0 aromatic heterocycles. The molecule has 0 saturated heterocycles. The Kier molecular flexibility index (Phi) is 6.29. The molecule has 2 N–H and O–H groups in total. The Hall–Kier alpha value is -1.62. The first-order valence-corrected chi connectivity index (χ1v) is 6.30. The lowest BCUT2D eigenvalue weighted by molar-refractivity contribution is 0.290. The minimum absolute atomic E-state index is 0.198. The summed E-state index contributed by atoms with van der Waals surface area (Å²) >= 11 is 0. The maximum atomic E-state index is 5.69. The van der Waals surface area contributed by atoms with Crippen LogP contribution >= 0.6 is 0 Å². The minimum atomic E-state index is 0.198. The van der Waals surface area contributed by atoms with Gasteiger partial charge in [0.05, 0.1) is 27.9 Å². The highest BCUT2D eigenvalue weighted by atomic mass is 16.5. The van der Waals surface area contributed by atoms with E-state index >= 15 is 0 Å². The molecule has 1 aromatic rings. The van der Waals surface area contributed by atoms with Crippen molar-refractivity contribution >= 4 is 0 Å². The third-order valence-electron chi connectivity index (χ3n) is 2.71. The lowest BCUT2D eigenvalue weighted by atomic mass is 10.2. The Morgan fingerprint density at radius 3 is 2.05 bits per heavy atom. The first-order chi connectivity index (χ1) is 9.12. The number of hydrogen-bond donors (Lipinski definition) is 1. The zero-order valence-corrected chi connectivity index (χ0v) is 12.1. The van der Waals surface area contributed by atoms with Gasteiger partial charge >= 0.3 is 0 Å². The van der Waals surface area contributed by atoms with Crippen molar-refractivity contribution < 1.29 is 18.9 Å². The second-order valence-electron chi connectivity index (χ2n) is 4.33. The Labute approximate surface area is 114 Å². The van der Waals surface area contributed by atoms with Crippen molar-refractivity contribution in [1.29, 1.82) is 0 Å². The zero-order chi connectivity index (χ0) is 14.3. The predicted octanol–water partition coefficient (Wildman–Crippen LogP) is 2.22.